The quantitative estimate of drug-likeness (QED) is 0.338. The topological polar surface area (TPSA) is 130 Å². The van der Waals surface area contributed by atoms with Gasteiger partial charge in [0, 0.05) is 17.0 Å². The minimum Gasteiger partial charge on any atom is -0.308 e. The fourth-order valence-corrected chi connectivity index (χ4v) is 5.40. The number of hydrogen-bond donors (Lipinski definition) is 3. The predicted octanol–water partition coefficient (Wildman–Crippen LogP) is 5.01. The van der Waals surface area contributed by atoms with E-state index in [1.54, 1.807) is 37.3 Å². The van der Waals surface area contributed by atoms with Crippen molar-refractivity contribution in [3.05, 3.63) is 58.1 Å². The molecule has 2 heterocycles. The zero-order valence-electron chi connectivity index (χ0n) is 17.2. The zero-order chi connectivity index (χ0) is 23.8. The van der Waals surface area contributed by atoms with Crippen LogP contribution in [0.4, 0.5) is 20.7 Å². The lowest BCUT2D eigenvalue weighted by atomic mass is 10.3. The van der Waals surface area contributed by atoms with Crippen LogP contribution in [0.15, 0.2) is 47.4 Å². The van der Waals surface area contributed by atoms with Gasteiger partial charge in [-0.3, -0.25) is 15.4 Å². The van der Waals surface area contributed by atoms with E-state index in [1.165, 1.54) is 12.1 Å². The van der Waals surface area contributed by atoms with E-state index in [-0.39, 0.29) is 10.0 Å². The number of carbonyl (C=O) groups excluding carboxylic acids is 2. The number of thiazole rings is 2. The molecule has 4 aromatic rings. The lowest BCUT2D eigenvalue weighted by molar-refractivity contribution is 0.102. The molecule has 0 spiro atoms. The Balaban J connectivity index is 1.45. The average molecular weight is 522 g/mol. The van der Waals surface area contributed by atoms with Crippen molar-refractivity contribution in [2.45, 2.75) is 11.8 Å². The highest BCUT2D eigenvalue weighted by Gasteiger charge is 2.19. The summed E-state index contributed by atoms with van der Waals surface area (Å²) in [5.41, 5.74) is 1.57. The van der Waals surface area contributed by atoms with E-state index in [0.29, 0.717) is 36.6 Å². The molecule has 9 nitrogen and oxygen atoms in total. The van der Waals surface area contributed by atoms with Crippen LogP contribution in [-0.4, -0.2) is 36.6 Å². The SMILES string of the molecule is Cc1nc(NC(=O)Nc2ccc(Cl)cc2)sc1C(=O)Nc1nc2ccc(S(C)(=O)=O)cc2s1. The van der Waals surface area contributed by atoms with Crippen LogP contribution in [0.5, 0.6) is 0 Å². The maximum absolute atomic E-state index is 12.7. The minimum atomic E-state index is -3.35. The third-order valence-electron chi connectivity index (χ3n) is 4.33. The number of aromatic nitrogens is 2. The number of anilines is 3. The molecule has 4 rings (SSSR count). The molecule has 0 aliphatic rings. The van der Waals surface area contributed by atoms with E-state index in [0.717, 1.165) is 28.9 Å². The molecule has 3 amide bonds. The van der Waals surface area contributed by atoms with Crippen LogP contribution >= 0.6 is 34.3 Å². The first-order valence-corrected chi connectivity index (χ1v) is 13.2. The largest absolute Gasteiger partial charge is 0.325 e. The molecule has 170 valence electrons. The summed E-state index contributed by atoms with van der Waals surface area (Å²) in [6.45, 7) is 1.66. The highest BCUT2D eigenvalue weighted by atomic mass is 35.5. The second kappa shape index (κ2) is 9.06. The van der Waals surface area contributed by atoms with Gasteiger partial charge in [0.2, 0.25) is 0 Å². The van der Waals surface area contributed by atoms with Gasteiger partial charge in [-0.05, 0) is 49.4 Å². The van der Waals surface area contributed by atoms with Crippen molar-refractivity contribution in [1.82, 2.24) is 9.97 Å². The van der Waals surface area contributed by atoms with Gasteiger partial charge in [-0.1, -0.05) is 34.3 Å². The first kappa shape index (κ1) is 23.1. The number of amides is 3. The van der Waals surface area contributed by atoms with E-state index in [9.17, 15) is 18.0 Å². The van der Waals surface area contributed by atoms with Crippen LogP contribution in [-0.2, 0) is 9.84 Å². The fourth-order valence-electron chi connectivity index (χ4n) is 2.80. The second-order valence-corrected chi connectivity index (χ2v) is 11.4. The molecule has 0 saturated carbocycles. The highest BCUT2D eigenvalue weighted by Crippen LogP contribution is 2.30. The van der Waals surface area contributed by atoms with Gasteiger partial charge in [0.15, 0.2) is 20.1 Å². The molecule has 3 N–H and O–H groups in total. The number of halogens is 1. The number of nitrogens with zero attached hydrogens (tertiary/aromatic N) is 2. The van der Waals surface area contributed by atoms with Gasteiger partial charge in [0.05, 0.1) is 20.8 Å². The molecule has 0 aliphatic carbocycles. The minimum absolute atomic E-state index is 0.183. The van der Waals surface area contributed by atoms with Crippen LogP contribution in [0.1, 0.15) is 15.4 Å². The number of fused-ring (bicyclic) bond motifs is 1. The predicted molar refractivity (Wildman–Crippen MR) is 132 cm³/mol. The molecular formula is C20H16ClN5O4S3. The number of nitrogens with one attached hydrogen (secondary N) is 3. The molecule has 13 heteroatoms. The molecule has 0 atom stereocenters. The van der Waals surface area contributed by atoms with Crippen LogP contribution in [0.3, 0.4) is 0 Å². The molecule has 33 heavy (non-hydrogen) atoms. The number of sulfone groups is 1. The number of rotatable bonds is 5. The molecule has 0 radical (unpaired) electrons. The van der Waals surface area contributed by atoms with Gasteiger partial charge in [0.25, 0.3) is 5.91 Å². The number of aryl methyl sites for hydroxylation is 1. The Morgan fingerprint density at radius 3 is 2.33 bits per heavy atom. The van der Waals surface area contributed by atoms with Crippen molar-refractivity contribution in [1.29, 1.82) is 0 Å². The molecule has 0 bridgehead atoms. The Labute approximate surface area is 201 Å². The molecule has 0 unspecified atom stereocenters. The molecule has 2 aromatic carbocycles. The summed E-state index contributed by atoms with van der Waals surface area (Å²) in [5.74, 6) is -0.432. The first-order valence-electron chi connectivity index (χ1n) is 9.31. The van der Waals surface area contributed by atoms with E-state index in [2.05, 4.69) is 25.9 Å². The van der Waals surface area contributed by atoms with Gasteiger partial charge < -0.3 is 5.32 Å². The van der Waals surface area contributed by atoms with Crippen molar-refractivity contribution in [2.75, 3.05) is 22.2 Å². The van der Waals surface area contributed by atoms with Crippen LogP contribution in [0.25, 0.3) is 10.2 Å². The van der Waals surface area contributed by atoms with Gasteiger partial charge in [-0.2, -0.15) is 0 Å². The average Bonchev–Trinajstić information content (AvgIpc) is 3.30. The fraction of sp³-hybridized carbons (Fsp3) is 0.100. The normalized spacial score (nSPS) is 11.4. The van der Waals surface area contributed by atoms with E-state index in [4.69, 9.17) is 11.6 Å². The lowest BCUT2D eigenvalue weighted by Crippen LogP contribution is -2.19. The summed E-state index contributed by atoms with van der Waals surface area (Å²) in [4.78, 5) is 34.0. The molecular weight excluding hydrogens is 506 g/mol. The lowest BCUT2D eigenvalue weighted by Gasteiger charge is -2.05. The van der Waals surface area contributed by atoms with E-state index >= 15 is 0 Å². The summed E-state index contributed by atoms with van der Waals surface area (Å²) in [7, 11) is -3.35. The van der Waals surface area contributed by atoms with Crippen LogP contribution in [0.2, 0.25) is 5.02 Å². The summed E-state index contributed by atoms with van der Waals surface area (Å²) < 4.78 is 24.1. The Morgan fingerprint density at radius 2 is 1.64 bits per heavy atom. The number of hydrogen-bond acceptors (Lipinski definition) is 8. The van der Waals surface area contributed by atoms with Gasteiger partial charge in [-0.25, -0.2) is 23.2 Å². The Morgan fingerprint density at radius 1 is 0.939 bits per heavy atom. The Bertz CT molecular complexity index is 1480. The highest BCUT2D eigenvalue weighted by molar-refractivity contribution is 7.90. The smallest absolute Gasteiger partial charge is 0.308 e. The zero-order valence-corrected chi connectivity index (χ0v) is 20.4. The monoisotopic (exact) mass is 521 g/mol. The summed E-state index contributed by atoms with van der Waals surface area (Å²) >= 11 is 8.02. The summed E-state index contributed by atoms with van der Waals surface area (Å²) in [6.07, 6.45) is 1.13. The maximum Gasteiger partial charge on any atom is 0.325 e. The van der Waals surface area contributed by atoms with Crippen molar-refractivity contribution in [2.24, 2.45) is 0 Å². The van der Waals surface area contributed by atoms with Crippen LogP contribution in [0, 0.1) is 6.92 Å². The van der Waals surface area contributed by atoms with Gasteiger partial charge in [0.1, 0.15) is 4.88 Å². The number of benzene rings is 2. The third-order valence-corrected chi connectivity index (χ3v) is 7.70. The van der Waals surface area contributed by atoms with E-state index in [1.807, 2.05) is 0 Å². The van der Waals surface area contributed by atoms with Crippen molar-refractivity contribution in [3.63, 3.8) is 0 Å². The number of carbonyl (C=O) groups is 2. The third kappa shape index (κ3) is 5.47. The summed E-state index contributed by atoms with van der Waals surface area (Å²) in [6, 6.07) is 10.7. The molecule has 2 aromatic heterocycles. The van der Waals surface area contributed by atoms with Gasteiger partial charge in [-0.15, -0.1) is 0 Å². The summed E-state index contributed by atoms with van der Waals surface area (Å²) in [5, 5.41) is 9.09. The number of urea groups is 1. The van der Waals surface area contributed by atoms with Crippen molar-refractivity contribution in [3.8, 4) is 0 Å². The second-order valence-electron chi connectivity index (χ2n) is 6.89. The molecule has 0 saturated heterocycles. The first-order chi connectivity index (χ1) is 15.6. The molecule has 0 aliphatic heterocycles. The Kier molecular flexibility index (Phi) is 6.34. The van der Waals surface area contributed by atoms with Crippen molar-refractivity contribution < 1.29 is 18.0 Å². The van der Waals surface area contributed by atoms with Gasteiger partial charge >= 0.3 is 6.03 Å². The van der Waals surface area contributed by atoms with Crippen LogP contribution < -0.4 is 16.0 Å². The molecule has 0 fully saturated rings. The Hall–Kier alpha value is -3.06. The van der Waals surface area contributed by atoms with E-state index < -0.39 is 21.8 Å². The maximum atomic E-state index is 12.7. The standard InChI is InChI=1S/C20H16ClN5O4S3/c1-10-16(32-19(22-10)26-18(28)23-12-5-3-11(21)4-6-12)17(27)25-20-24-14-8-7-13(33(2,29)30)9-15(14)31-20/h3-9H,1-2H3,(H,24,25,27)(H2,22,23,26,28). The van der Waals surface area contributed by atoms with Crippen molar-refractivity contribution >= 4 is 82.2 Å².